The van der Waals surface area contributed by atoms with Crippen LogP contribution in [0.4, 0.5) is 0 Å². The van der Waals surface area contributed by atoms with Gasteiger partial charge in [-0.25, -0.2) is 4.68 Å². The number of likely N-dealkylation sites (N-methyl/N-ethyl adjacent to an activating group) is 1. The molecule has 0 bridgehead atoms. The van der Waals surface area contributed by atoms with Crippen molar-refractivity contribution >= 4 is 22.7 Å². The second kappa shape index (κ2) is 8.78. The summed E-state index contributed by atoms with van der Waals surface area (Å²) in [6, 6.07) is 12.2. The number of primary amides is 1. The lowest BCUT2D eigenvalue weighted by Gasteiger charge is -2.15. The van der Waals surface area contributed by atoms with E-state index in [9.17, 15) is 19.8 Å². The van der Waals surface area contributed by atoms with Gasteiger partial charge in [-0.05, 0) is 42.8 Å². The topological polar surface area (TPSA) is 122 Å². The summed E-state index contributed by atoms with van der Waals surface area (Å²) < 4.78 is 1.56. The van der Waals surface area contributed by atoms with Gasteiger partial charge in [-0.2, -0.15) is 5.10 Å². The zero-order valence-electron chi connectivity index (χ0n) is 16.7. The molecule has 0 spiro atoms. The molecule has 3 rings (SSSR count). The molecule has 4 N–H and O–H groups in total. The Morgan fingerprint density at radius 2 is 2.03 bits per heavy atom. The van der Waals surface area contributed by atoms with Crippen LogP contribution < -0.4 is 5.73 Å². The summed E-state index contributed by atoms with van der Waals surface area (Å²) in [5, 5.41) is 24.2. The van der Waals surface area contributed by atoms with E-state index in [2.05, 4.69) is 16.9 Å². The Morgan fingerprint density at radius 3 is 2.70 bits per heavy atom. The van der Waals surface area contributed by atoms with Crippen molar-refractivity contribution in [3.63, 3.8) is 0 Å². The number of hydrogen-bond donors (Lipinski definition) is 3. The van der Waals surface area contributed by atoms with Gasteiger partial charge >= 0.3 is 0 Å². The number of hydrogen-bond acceptors (Lipinski definition) is 5. The molecule has 1 aromatic heterocycles. The maximum Gasteiger partial charge on any atom is 0.269 e. The van der Waals surface area contributed by atoms with Crippen molar-refractivity contribution < 1.29 is 19.8 Å². The molecule has 1 heterocycles. The summed E-state index contributed by atoms with van der Waals surface area (Å²) in [5.41, 5.74) is 8.05. The van der Waals surface area contributed by atoms with Gasteiger partial charge in [0.1, 0.15) is 0 Å². The number of amides is 2. The third kappa shape index (κ3) is 4.17. The summed E-state index contributed by atoms with van der Waals surface area (Å²) in [4.78, 5) is 25.2. The van der Waals surface area contributed by atoms with E-state index < -0.39 is 17.9 Å². The number of aromatic nitrogens is 2. The molecule has 1 unspecified atom stereocenters. The fourth-order valence-electron chi connectivity index (χ4n) is 2.94. The Kier molecular flexibility index (Phi) is 6.16. The third-order valence-corrected chi connectivity index (χ3v) is 4.69. The van der Waals surface area contributed by atoms with E-state index in [1.807, 2.05) is 0 Å². The molecule has 0 aliphatic rings. The molecule has 8 heteroatoms. The van der Waals surface area contributed by atoms with E-state index in [0.29, 0.717) is 34.3 Å². The highest BCUT2D eigenvalue weighted by Gasteiger charge is 2.17. The zero-order chi connectivity index (χ0) is 21.8. The Balaban J connectivity index is 2.01. The number of aliphatic hydroxyl groups excluding tert-OH is 2. The van der Waals surface area contributed by atoms with Gasteiger partial charge in [-0.1, -0.05) is 24.0 Å². The number of carbonyl (C=O) groups excluding carboxylic acids is 2. The first-order valence-corrected chi connectivity index (χ1v) is 9.33. The van der Waals surface area contributed by atoms with Crippen molar-refractivity contribution in [3.8, 4) is 17.5 Å². The molecule has 0 aliphatic carbocycles. The molecule has 0 radical (unpaired) electrons. The molecule has 0 aliphatic heterocycles. The summed E-state index contributed by atoms with van der Waals surface area (Å²) in [7, 11) is 1.59. The fourth-order valence-corrected chi connectivity index (χ4v) is 2.94. The van der Waals surface area contributed by atoms with Crippen LogP contribution >= 0.6 is 0 Å². The highest BCUT2D eigenvalue weighted by molar-refractivity contribution is 6.04. The lowest BCUT2D eigenvalue weighted by atomic mass is 10.1. The molecule has 0 saturated heterocycles. The number of nitrogens with zero attached hydrogens (tertiary/aromatic N) is 3. The SMILES string of the molecule is CCN(C)C(=O)C(O)C#Cc1cccc(-n2nc(C(N)=O)c3cc(CO)ccc32)c1. The minimum atomic E-state index is -1.41. The van der Waals surface area contributed by atoms with Crippen LogP contribution in [0.15, 0.2) is 42.5 Å². The number of fused-ring (bicyclic) bond motifs is 1. The van der Waals surface area contributed by atoms with Gasteiger partial charge < -0.3 is 20.8 Å². The van der Waals surface area contributed by atoms with Crippen molar-refractivity contribution in [1.82, 2.24) is 14.7 Å². The minimum absolute atomic E-state index is 0.0976. The predicted octanol–water partition coefficient (Wildman–Crippen LogP) is 0.807. The van der Waals surface area contributed by atoms with Crippen LogP contribution in [-0.4, -0.2) is 56.4 Å². The molecule has 8 nitrogen and oxygen atoms in total. The number of aliphatic hydroxyl groups is 2. The van der Waals surface area contributed by atoms with Gasteiger partial charge in [0.15, 0.2) is 11.8 Å². The largest absolute Gasteiger partial charge is 0.392 e. The molecule has 1 atom stereocenters. The summed E-state index contributed by atoms with van der Waals surface area (Å²) in [6.07, 6.45) is -1.41. The number of nitrogens with two attached hydrogens (primary N) is 1. The molecule has 2 aromatic carbocycles. The Morgan fingerprint density at radius 1 is 1.27 bits per heavy atom. The van der Waals surface area contributed by atoms with Gasteiger partial charge in [0, 0.05) is 24.5 Å². The van der Waals surface area contributed by atoms with E-state index in [1.165, 1.54) is 4.90 Å². The average molecular weight is 406 g/mol. The Hall–Kier alpha value is -3.67. The van der Waals surface area contributed by atoms with E-state index >= 15 is 0 Å². The smallest absolute Gasteiger partial charge is 0.269 e. The second-order valence-electron chi connectivity index (χ2n) is 6.71. The van der Waals surface area contributed by atoms with Gasteiger partial charge in [0.05, 0.1) is 17.8 Å². The molecule has 2 amide bonds. The lowest BCUT2D eigenvalue weighted by molar-refractivity contribution is -0.135. The van der Waals surface area contributed by atoms with Crippen LogP contribution in [0, 0.1) is 11.8 Å². The molecule has 0 saturated carbocycles. The number of carbonyl (C=O) groups is 2. The zero-order valence-corrected chi connectivity index (χ0v) is 16.7. The number of rotatable bonds is 5. The maximum atomic E-state index is 11.9. The molecule has 3 aromatic rings. The molecule has 154 valence electrons. The molecule has 30 heavy (non-hydrogen) atoms. The molecule has 0 fully saturated rings. The van der Waals surface area contributed by atoms with Crippen LogP contribution in [0.5, 0.6) is 0 Å². The van der Waals surface area contributed by atoms with Crippen molar-refractivity contribution in [3.05, 3.63) is 59.3 Å². The number of benzene rings is 2. The van der Waals surface area contributed by atoms with Gasteiger partial charge in [0.25, 0.3) is 11.8 Å². The van der Waals surface area contributed by atoms with Crippen molar-refractivity contribution in [2.24, 2.45) is 5.73 Å². The average Bonchev–Trinajstić information content (AvgIpc) is 3.15. The quantitative estimate of drug-likeness (QED) is 0.541. The lowest BCUT2D eigenvalue weighted by Crippen LogP contribution is -2.35. The normalized spacial score (nSPS) is 11.6. The van der Waals surface area contributed by atoms with Crippen LogP contribution in [0.2, 0.25) is 0 Å². The molecular weight excluding hydrogens is 384 g/mol. The first kappa shape index (κ1) is 21.0. The van der Waals surface area contributed by atoms with E-state index in [0.717, 1.165) is 0 Å². The molecular formula is C22H22N4O4. The van der Waals surface area contributed by atoms with Crippen LogP contribution in [-0.2, 0) is 11.4 Å². The van der Waals surface area contributed by atoms with Crippen molar-refractivity contribution in [2.75, 3.05) is 13.6 Å². The fraction of sp³-hybridized carbons (Fsp3) is 0.227. The Bertz CT molecular complexity index is 1170. The first-order chi connectivity index (χ1) is 14.3. The van der Waals surface area contributed by atoms with Gasteiger partial charge in [-0.3, -0.25) is 9.59 Å². The second-order valence-corrected chi connectivity index (χ2v) is 6.71. The highest BCUT2D eigenvalue weighted by Crippen LogP contribution is 2.24. The monoisotopic (exact) mass is 406 g/mol. The summed E-state index contributed by atoms with van der Waals surface area (Å²) >= 11 is 0. The standard InChI is InChI=1S/C22H22N4O4/c1-3-25(2)22(30)19(28)10-8-14-5-4-6-16(11-14)26-18-9-7-15(13-27)12-17(18)20(24-26)21(23)29/h4-7,9,11-12,19,27-28H,3,13H2,1-2H3,(H2,23,29). The van der Waals surface area contributed by atoms with Gasteiger partial charge in [0.2, 0.25) is 0 Å². The van der Waals surface area contributed by atoms with Crippen LogP contribution in [0.3, 0.4) is 0 Å². The van der Waals surface area contributed by atoms with E-state index in [4.69, 9.17) is 5.73 Å². The minimum Gasteiger partial charge on any atom is -0.392 e. The van der Waals surface area contributed by atoms with Crippen LogP contribution in [0.1, 0.15) is 28.5 Å². The summed E-state index contributed by atoms with van der Waals surface area (Å²) in [6.45, 7) is 2.11. The van der Waals surface area contributed by atoms with E-state index in [1.54, 1.807) is 61.1 Å². The van der Waals surface area contributed by atoms with E-state index in [-0.39, 0.29) is 12.3 Å². The Labute approximate surface area is 173 Å². The highest BCUT2D eigenvalue weighted by atomic mass is 16.3. The first-order valence-electron chi connectivity index (χ1n) is 9.33. The summed E-state index contributed by atoms with van der Waals surface area (Å²) in [5.74, 6) is 4.21. The van der Waals surface area contributed by atoms with Crippen LogP contribution in [0.25, 0.3) is 16.6 Å². The van der Waals surface area contributed by atoms with Gasteiger partial charge in [-0.15, -0.1) is 0 Å². The van der Waals surface area contributed by atoms with Crippen molar-refractivity contribution in [1.29, 1.82) is 0 Å². The predicted molar refractivity (Wildman–Crippen MR) is 112 cm³/mol. The third-order valence-electron chi connectivity index (χ3n) is 4.69. The maximum absolute atomic E-state index is 11.9. The van der Waals surface area contributed by atoms with Crippen molar-refractivity contribution in [2.45, 2.75) is 19.6 Å².